The Balaban J connectivity index is 3.63. The lowest BCUT2D eigenvalue weighted by molar-refractivity contribution is -0.164. The van der Waals surface area contributed by atoms with Crippen molar-refractivity contribution in [3.8, 4) is 5.75 Å². The maximum Gasteiger partial charge on any atom is 0.420 e. The fourth-order valence-corrected chi connectivity index (χ4v) is 1.58. The van der Waals surface area contributed by atoms with Gasteiger partial charge in [-0.15, -0.1) is 0 Å². The highest BCUT2D eigenvalue weighted by Gasteiger charge is 2.46. The Labute approximate surface area is 108 Å². The van der Waals surface area contributed by atoms with Crippen LogP contribution in [0.15, 0.2) is 12.1 Å². The molecule has 0 radical (unpaired) electrons. The molecule has 0 fully saturated rings. The van der Waals surface area contributed by atoms with Crippen LogP contribution in [0.3, 0.4) is 0 Å². The number of hydrogen-bond donors (Lipinski definition) is 0. The molecular weight excluding hydrogens is 300 g/mol. The van der Waals surface area contributed by atoms with Crippen molar-refractivity contribution in [2.75, 3.05) is 0 Å². The van der Waals surface area contributed by atoms with Gasteiger partial charge in [0, 0.05) is 0 Å². The first kappa shape index (κ1) is 16.5. The van der Waals surface area contributed by atoms with E-state index in [0.29, 0.717) is 6.07 Å². The molecule has 114 valence electrons. The van der Waals surface area contributed by atoms with E-state index < -0.39 is 35.8 Å². The van der Waals surface area contributed by atoms with Crippen LogP contribution in [0.4, 0.5) is 35.1 Å². The third kappa shape index (κ3) is 3.73. The van der Waals surface area contributed by atoms with Gasteiger partial charge < -0.3 is 4.74 Å². The van der Waals surface area contributed by atoms with Crippen molar-refractivity contribution in [1.82, 2.24) is 0 Å². The molecule has 0 atom stereocenters. The predicted molar refractivity (Wildman–Crippen MR) is 52.5 cm³/mol. The van der Waals surface area contributed by atoms with Gasteiger partial charge in [0.2, 0.25) is 0 Å². The second kappa shape index (κ2) is 5.45. The first-order valence-electron chi connectivity index (χ1n) is 5.23. The van der Waals surface area contributed by atoms with Crippen LogP contribution in [-0.2, 0) is 18.8 Å². The zero-order chi connectivity index (χ0) is 15.7. The van der Waals surface area contributed by atoms with E-state index in [1.165, 1.54) is 6.92 Å². The van der Waals surface area contributed by atoms with Gasteiger partial charge in [-0.2, -0.15) is 35.1 Å². The van der Waals surface area contributed by atoms with Crippen molar-refractivity contribution in [2.24, 2.45) is 0 Å². The van der Waals surface area contributed by atoms with E-state index >= 15 is 0 Å². The summed E-state index contributed by atoms with van der Waals surface area (Å²) in [5.41, 5.74) is -4.48. The van der Waals surface area contributed by atoms with Gasteiger partial charge in [0.25, 0.3) is 0 Å². The van der Waals surface area contributed by atoms with E-state index in [1.54, 1.807) is 0 Å². The lowest BCUT2D eigenvalue weighted by Gasteiger charge is -2.20. The molecule has 9 heteroatoms. The number of aryl methyl sites for hydroxylation is 1. The first-order valence-corrected chi connectivity index (χ1v) is 5.23. The Bertz CT molecular complexity index is 475. The Kier molecular flexibility index (Phi) is 4.50. The van der Waals surface area contributed by atoms with Crippen molar-refractivity contribution in [1.29, 1.82) is 0 Å². The van der Waals surface area contributed by atoms with E-state index in [1.807, 2.05) is 0 Å². The van der Waals surface area contributed by atoms with Gasteiger partial charge >= 0.3 is 19.0 Å². The van der Waals surface area contributed by atoms with Crippen LogP contribution in [0.1, 0.15) is 23.6 Å². The molecule has 0 saturated heterocycles. The SMILES string of the molecule is CCc1cc(OC(F)F)c(C(F)(F)F)c(C(F)(F)F)c1. The molecule has 0 aromatic heterocycles. The zero-order valence-corrected chi connectivity index (χ0v) is 9.87. The second-order valence-corrected chi connectivity index (χ2v) is 3.74. The quantitative estimate of drug-likeness (QED) is 0.723. The van der Waals surface area contributed by atoms with Gasteiger partial charge in [-0.1, -0.05) is 6.92 Å². The van der Waals surface area contributed by atoms with E-state index in [9.17, 15) is 35.1 Å². The van der Waals surface area contributed by atoms with Crippen LogP contribution in [-0.4, -0.2) is 6.61 Å². The minimum Gasteiger partial charge on any atom is -0.434 e. The summed E-state index contributed by atoms with van der Waals surface area (Å²) in [5, 5.41) is 0. The average molecular weight is 308 g/mol. The number of halogens is 8. The van der Waals surface area contributed by atoms with E-state index in [4.69, 9.17) is 0 Å². The Morgan fingerprint density at radius 1 is 1.00 bits per heavy atom. The zero-order valence-electron chi connectivity index (χ0n) is 9.87. The number of rotatable bonds is 3. The largest absolute Gasteiger partial charge is 0.434 e. The van der Waals surface area contributed by atoms with Gasteiger partial charge in [-0.05, 0) is 24.1 Å². The highest BCUT2D eigenvalue weighted by atomic mass is 19.4. The minimum absolute atomic E-state index is 0.0686. The molecule has 0 bridgehead atoms. The standard InChI is InChI=1S/C11H8F8O/c1-2-5-3-6(10(14,15)16)8(11(17,18)19)7(4-5)20-9(12)13/h3-4,9H,2H2,1H3. The normalized spacial score (nSPS) is 12.9. The van der Waals surface area contributed by atoms with Gasteiger partial charge in [-0.3, -0.25) is 0 Å². The summed E-state index contributed by atoms with van der Waals surface area (Å²) >= 11 is 0. The van der Waals surface area contributed by atoms with E-state index in [2.05, 4.69) is 4.74 Å². The molecule has 0 unspecified atom stereocenters. The van der Waals surface area contributed by atoms with Crippen molar-refractivity contribution in [3.05, 3.63) is 28.8 Å². The molecule has 1 rings (SSSR count). The van der Waals surface area contributed by atoms with Crippen LogP contribution in [0.2, 0.25) is 0 Å². The smallest absolute Gasteiger partial charge is 0.420 e. The number of hydrogen-bond acceptors (Lipinski definition) is 1. The molecule has 0 saturated carbocycles. The molecule has 1 aromatic carbocycles. The summed E-state index contributed by atoms with van der Waals surface area (Å²) in [6, 6.07) is 0.811. The average Bonchev–Trinajstić information content (AvgIpc) is 2.24. The van der Waals surface area contributed by atoms with Crippen molar-refractivity contribution in [3.63, 3.8) is 0 Å². The summed E-state index contributed by atoms with van der Waals surface area (Å²) in [6.45, 7) is -2.29. The predicted octanol–water partition coefficient (Wildman–Crippen LogP) is 4.89. The molecule has 0 aliphatic carbocycles. The molecule has 0 heterocycles. The highest BCUT2D eigenvalue weighted by molar-refractivity contribution is 5.47. The number of benzene rings is 1. The lowest BCUT2D eigenvalue weighted by atomic mass is 10.00. The Hall–Kier alpha value is -1.54. The topological polar surface area (TPSA) is 9.23 Å². The highest BCUT2D eigenvalue weighted by Crippen LogP contribution is 2.46. The number of alkyl halides is 8. The second-order valence-electron chi connectivity index (χ2n) is 3.74. The van der Waals surface area contributed by atoms with Crippen molar-refractivity contribution < 1.29 is 39.9 Å². The van der Waals surface area contributed by atoms with Crippen LogP contribution in [0, 0.1) is 0 Å². The lowest BCUT2D eigenvalue weighted by Crippen LogP contribution is -2.20. The van der Waals surface area contributed by atoms with Crippen LogP contribution in [0.5, 0.6) is 5.75 Å². The molecule has 1 nitrogen and oxygen atoms in total. The fraction of sp³-hybridized carbons (Fsp3) is 0.455. The summed E-state index contributed by atoms with van der Waals surface area (Å²) in [5.74, 6) is -1.53. The van der Waals surface area contributed by atoms with Crippen LogP contribution < -0.4 is 4.74 Å². The van der Waals surface area contributed by atoms with Crippen molar-refractivity contribution >= 4 is 0 Å². The molecule has 0 N–H and O–H groups in total. The number of ether oxygens (including phenoxy) is 1. The molecule has 0 aliphatic heterocycles. The summed E-state index contributed by atoms with van der Waals surface area (Å²) < 4.78 is 104. The van der Waals surface area contributed by atoms with Crippen molar-refractivity contribution in [2.45, 2.75) is 32.3 Å². The molecule has 0 spiro atoms. The summed E-state index contributed by atoms with van der Waals surface area (Å²) in [6.07, 6.45) is -10.9. The molecule has 1 aromatic rings. The fourth-order valence-electron chi connectivity index (χ4n) is 1.58. The third-order valence-corrected chi connectivity index (χ3v) is 2.38. The van der Waals surface area contributed by atoms with Crippen LogP contribution in [0.25, 0.3) is 0 Å². The van der Waals surface area contributed by atoms with Gasteiger partial charge in [0.1, 0.15) is 11.3 Å². The first-order chi connectivity index (χ1) is 8.96. The summed E-state index contributed by atoms with van der Waals surface area (Å²) in [4.78, 5) is 0. The van der Waals surface area contributed by atoms with Crippen LogP contribution >= 0.6 is 0 Å². The van der Waals surface area contributed by atoms with Gasteiger partial charge in [0.15, 0.2) is 0 Å². The van der Waals surface area contributed by atoms with Gasteiger partial charge in [0.05, 0.1) is 5.56 Å². The maximum absolute atomic E-state index is 12.7. The van der Waals surface area contributed by atoms with Gasteiger partial charge in [-0.25, -0.2) is 0 Å². The monoisotopic (exact) mass is 308 g/mol. The molecule has 20 heavy (non-hydrogen) atoms. The Morgan fingerprint density at radius 3 is 1.90 bits per heavy atom. The minimum atomic E-state index is -5.47. The molecule has 0 amide bonds. The Morgan fingerprint density at radius 2 is 1.55 bits per heavy atom. The summed E-state index contributed by atoms with van der Waals surface area (Å²) in [7, 11) is 0. The third-order valence-electron chi connectivity index (χ3n) is 2.38. The van der Waals surface area contributed by atoms with E-state index in [0.717, 1.165) is 0 Å². The molecule has 0 aliphatic rings. The maximum atomic E-state index is 12.7. The van der Waals surface area contributed by atoms with E-state index in [-0.39, 0.29) is 18.1 Å². The molecular formula is C11H8F8O.